The fraction of sp³-hybridized carbons (Fsp3) is 0.0667. The van der Waals surface area contributed by atoms with Crippen LogP contribution in [-0.4, -0.2) is 0 Å². The summed E-state index contributed by atoms with van der Waals surface area (Å²) in [4.78, 5) is 4.71. The lowest BCUT2D eigenvalue weighted by Crippen LogP contribution is -2.16. The van der Waals surface area contributed by atoms with Crippen molar-refractivity contribution < 1.29 is 0 Å². The first-order chi connectivity index (χ1) is 23.6. The number of nitrogens with zero attached hydrogens (tertiary/aromatic N) is 2. The van der Waals surface area contributed by atoms with Crippen molar-refractivity contribution in [3.8, 4) is 11.1 Å². The van der Waals surface area contributed by atoms with Crippen LogP contribution < -0.4 is 9.80 Å². The van der Waals surface area contributed by atoms with Crippen LogP contribution in [0.4, 0.5) is 34.1 Å². The molecule has 0 bridgehead atoms. The molecule has 0 atom stereocenters. The van der Waals surface area contributed by atoms with E-state index < -0.39 is 0 Å². The molecule has 0 saturated carbocycles. The zero-order chi connectivity index (χ0) is 32.2. The highest BCUT2D eigenvalue weighted by atomic mass is 32.1. The molecule has 0 radical (unpaired) electrons. The van der Waals surface area contributed by atoms with E-state index in [1.165, 1.54) is 48.1 Å². The smallest absolute Gasteiger partial charge is 0.0468 e. The van der Waals surface area contributed by atoms with Crippen molar-refractivity contribution in [3.63, 3.8) is 0 Å². The summed E-state index contributed by atoms with van der Waals surface area (Å²) in [7, 11) is 0. The zero-order valence-corrected chi connectivity index (χ0v) is 27.8. The third-order valence-electron chi connectivity index (χ3n) is 9.81. The number of benzene rings is 7. The van der Waals surface area contributed by atoms with Crippen LogP contribution in [0.3, 0.4) is 0 Å². The molecule has 0 amide bonds. The first-order valence-corrected chi connectivity index (χ1v) is 17.3. The van der Waals surface area contributed by atoms with Crippen molar-refractivity contribution in [2.75, 3.05) is 9.80 Å². The first kappa shape index (κ1) is 28.6. The molecule has 3 heteroatoms. The predicted molar refractivity (Wildman–Crippen MR) is 206 cm³/mol. The van der Waals surface area contributed by atoms with E-state index in [-0.39, 0.29) is 5.41 Å². The van der Waals surface area contributed by atoms with Gasteiger partial charge < -0.3 is 9.80 Å². The van der Waals surface area contributed by atoms with Crippen molar-refractivity contribution in [1.82, 2.24) is 0 Å². The van der Waals surface area contributed by atoms with Gasteiger partial charge in [0.05, 0.1) is 0 Å². The van der Waals surface area contributed by atoms with Gasteiger partial charge in [0.2, 0.25) is 0 Å². The third kappa shape index (κ3) is 4.62. The Morgan fingerprint density at radius 3 is 1.33 bits per heavy atom. The Balaban J connectivity index is 1.17. The summed E-state index contributed by atoms with van der Waals surface area (Å²) in [6.45, 7) is 4.77. The fourth-order valence-electron chi connectivity index (χ4n) is 7.46. The third-order valence-corrected chi connectivity index (χ3v) is 10.9. The van der Waals surface area contributed by atoms with Crippen LogP contribution in [0.25, 0.3) is 31.3 Å². The van der Waals surface area contributed by atoms with Crippen LogP contribution in [0.15, 0.2) is 170 Å². The summed E-state index contributed by atoms with van der Waals surface area (Å²) in [5.41, 5.74) is 12.2. The normalized spacial score (nSPS) is 13.0. The Morgan fingerprint density at radius 1 is 0.375 bits per heavy atom. The SMILES string of the molecule is CC1(C)c2cc(N(c3ccccc3)c3ccccc3)ccc2-c2cc3sc4ccc(N(c5ccccc5)c5ccccc5)cc4c3cc21. The molecule has 0 unspecified atom stereocenters. The molecule has 230 valence electrons. The van der Waals surface area contributed by atoms with E-state index >= 15 is 0 Å². The highest BCUT2D eigenvalue weighted by molar-refractivity contribution is 7.25. The van der Waals surface area contributed by atoms with Gasteiger partial charge in [0.25, 0.3) is 0 Å². The summed E-state index contributed by atoms with van der Waals surface area (Å²) in [5.74, 6) is 0. The minimum atomic E-state index is -0.153. The standard InChI is InChI=1S/C45H34N2S/c1-45(2)41-28-36(47(33-19-11-5-12-20-33)34-21-13-6-14-22-34)23-25-37(41)38-30-44-40(29-42(38)45)39-27-35(24-26-43(39)48-44)46(31-15-7-3-8-16-31)32-17-9-4-10-18-32/h3-30H,1-2H3. The summed E-state index contributed by atoms with van der Waals surface area (Å²) in [6.07, 6.45) is 0. The summed E-state index contributed by atoms with van der Waals surface area (Å²) in [6, 6.07) is 61.6. The monoisotopic (exact) mass is 634 g/mol. The van der Waals surface area contributed by atoms with Gasteiger partial charge in [-0.05, 0) is 113 Å². The van der Waals surface area contributed by atoms with E-state index in [1.54, 1.807) is 0 Å². The predicted octanol–water partition coefficient (Wildman–Crippen LogP) is 13.3. The molecule has 9 rings (SSSR count). The van der Waals surface area contributed by atoms with Crippen LogP contribution in [0.2, 0.25) is 0 Å². The molecule has 48 heavy (non-hydrogen) atoms. The van der Waals surface area contributed by atoms with Crippen LogP contribution in [0.5, 0.6) is 0 Å². The minimum Gasteiger partial charge on any atom is -0.310 e. The van der Waals surface area contributed by atoms with Crippen molar-refractivity contribution in [2.45, 2.75) is 19.3 Å². The molecule has 1 aliphatic rings. The second-order valence-corrected chi connectivity index (χ2v) is 14.1. The van der Waals surface area contributed by atoms with Gasteiger partial charge in [-0.15, -0.1) is 11.3 Å². The van der Waals surface area contributed by atoms with Crippen molar-refractivity contribution in [2.24, 2.45) is 0 Å². The van der Waals surface area contributed by atoms with Crippen LogP contribution in [0, 0.1) is 0 Å². The average Bonchev–Trinajstić information content (AvgIpc) is 3.60. The van der Waals surface area contributed by atoms with Gasteiger partial charge in [-0.1, -0.05) is 92.7 Å². The maximum atomic E-state index is 2.48. The van der Waals surface area contributed by atoms with Gasteiger partial charge in [0.15, 0.2) is 0 Å². The van der Waals surface area contributed by atoms with E-state index in [2.05, 4.69) is 194 Å². The van der Waals surface area contributed by atoms with E-state index in [0.717, 1.165) is 28.4 Å². The van der Waals surface area contributed by atoms with Gasteiger partial charge >= 0.3 is 0 Å². The minimum absolute atomic E-state index is 0.153. The lowest BCUT2D eigenvalue weighted by Gasteiger charge is -2.28. The Hall–Kier alpha value is -5.64. The van der Waals surface area contributed by atoms with Crippen molar-refractivity contribution in [3.05, 3.63) is 181 Å². The number of hydrogen-bond acceptors (Lipinski definition) is 3. The van der Waals surface area contributed by atoms with E-state index in [1.807, 2.05) is 11.3 Å². The fourth-order valence-corrected chi connectivity index (χ4v) is 8.57. The van der Waals surface area contributed by atoms with Crippen LogP contribution >= 0.6 is 11.3 Å². The number of anilines is 6. The molecule has 0 spiro atoms. The largest absolute Gasteiger partial charge is 0.310 e. The number of thiophene rings is 1. The second-order valence-electron chi connectivity index (χ2n) is 13.0. The van der Waals surface area contributed by atoms with Crippen LogP contribution in [0.1, 0.15) is 25.0 Å². The molecule has 0 fully saturated rings. The van der Waals surface area contributed by atoms with Crippen molar-refractivity contribution >= 4 is 65.6 Å². The Morgan fingerprint density at radius 2 is 0.812 bits per heavy atom. The number of fused-ring (bicyclic) bond motifs is 6. The molecule has 1 heterocycles. The Bertz CT molecular complexity index is 2330. The molecule has 0 saturated heterocycles. The molecular formula is C45H34N2S. The van der Waals surface area contributed by atoms with Gasteiger partial charge in [-0.2, -0.15) is 0 Å². The highest BCUT2D eigenvalue weighted by Crippen LogP contribution is 2.53. The molecule has 0 aliphatic heterocycles. The average molecular weight is 635 g/mol. The number of hydrogen-bond donors (Lipinski definition) is 0. The molecule has 2 nitrogen and oxygen atoms in total. The lowest BCUT2D eigenvalue weighted by molar-refractivity contribution is 0.661. The quantitative estimate of drug-likeness (QED) is 0.180. The van der Waals surface area contributed by atoms with Gasteiger partial charge in [0, 0.05) is 59.7 Å². The Kier molecular flexibility index (Phi) is 6.70. The summed E-state index contributed by atoms with van der Waals surface area (Å²) >= 11 is 1.89. The molecule has 8 aromatic rings. The maximum absolute atomic E-state index is 2.48. The molecule has 1 aliphatic carbocycles. The topological polar surface area (TPSA) is 6.48 Å². The maximum Gasteiger partial charge on any atom is 0.0468 e. The van der Waals surface area contributed by atoms with Gasteiger partial charge in [-0.3, -0.25) is 0 Å². The van der Waals surface area contributed by atoms with Crippen LogP contribution in [-0.2, 0) is 5.41 Å². The van der Waals surface area contributed by atoms with Gasteiger partial charge in [-0.25, -0.2) is 0 Å². The van der Waals surface area contributed by atoms with E-state index in [4.69, 9.17) is 0 Å². The van der Waals surface area contributed by atoms with E-state index in [9.17, 15) is 0 Å². The van der Waals surface area contributed by atoms with Crippen molar-refractivity contribution in [1.29, 1.82) is 0 Å². The molecule has 1 aromatic heterocycles. The molecule has 7 aromatic carbocycles. The summed E-state index contributed by atoms with van der Waals surface area (Å²) < 4.78 is 2.64. The number of rotatable bonds is 6. The summed E-state index contributed by atoms with van der Waals surface area (Å²) in [5, 5.41) is 2.63. The lowest BCUT2D eigenvalue weighted by atomic mass is 9.82. The zero-order valence-electron chi connectivity index (χ0n) is 27.0. The van der Waals surface area contributed by atoms with E-state index in [0.29, 0.717) is 0 Å². The first-order valence-electron chi connectivity index (χ1n) is 16.5. The highest BCUT2D eigenvalue weighted by Gasteiger charge is 2.37. The number of para-hydroxylation sites is 4. The Labute approximate surface area is 285 Å². The van der Waals surface area contributed by atoms with Gasteiger partial charge in [0.1, 0.15) is 0 Å². The second kappa shape index (κ2) is 11.3. The molecule has 0 N–H and O–H groups in total. The molecular weight excluding hydrogens is 601 g/mol.